The third-order valence-electron chi connectivity index (χ3n) is 1.78. The van der Waals surface area contributed by atoms with E-state index < -0.39 is 0 Å². The Hall–Kier alpha value is -0.120. The van der Waals surface area contributed by atoms with Crippen molar-refractivity contribution >= 4 is 0 Å². The van der Waals surface area contributed by atoms with Gasteiger partial charge in [0, 0.05) is 18.7 Å². The van der Waals surface area contributed by atoms with Gasteiger partial charge >= 0.3 is 0 Å². The Kier molecular flexibility index (Phi) is 3.12. The third-order valence-corrected chi connectivity index (χ3v) is 1.78. The van der Waals surface area contributed by atoms with Crippen LogP contribution in [0.1, 0.15) is 13.3 Å². The maximum Gasteiger partial charge on any atom is 0.0620 e. The van der Waals surface area contributed by atoms with E-state index in [4.69, 9.17) is 9.84 Å². The first kappa shape index (κ1) is 7.98. The predicted octanol–water partition coefficient (Wildman–Crippen LogP) is -0.254. The van der Waals surface area contributed by atoms with Gasteiger partial charge in [0.05, 0.1) is 13.2 Å². The van der Waals surface area contributed by atoms with Crippen LogP contribution in [-0.2, 0) is 4.74 Å². The molecule has 60 valence electrons. The van der Waals surface area contributed by atoms with Crippen LogP contribution in [0.2, 0.25) is 0 Å². The molecular formula is C7H15NO2. The molecular weight excluding hydrogens is 130 g/mol. The minimum Gasteiger partial charge on any atom is -0.395 e. The number of rotatable bonds is 4. The zero-order valence-electron chi connectivity index (χ0n) is 6.34. The number of hydrogen-bond donors (Lipinski definition) is 2. The fraction of sp³-hybridized carbons (Fsp3) is 1.00. The highest BCUT2D eigenvalue weighted by Crippen LogP contribution is 2.10. The molecule has 0 radical (unpaired) electrons. The Morgan fingerprint density at radius 3 is 2.80 bits per heavy atom. The number of aliphatic hydroxyl groups is 1. The predicted molar refractivity (Wildman–Crippen MR) is 38.9 cm³/mol. The summed E-state index contributed by atoms with van der Waals surface area (Å²) in [6, 6.07) is 0.808. The van der Waals surface area contributed by atoms with Crippen molar-refractivity contribution < 1.29 is 9.84 Å². The molecule has 0 aromatic carbocycles. The molecule has 2 N–H and O–H groups in total. The quantitative estimate of drug-likeness (QED) is 0.573. The molecule has 2 unspecified atom stereocenters. The first-order valence-electron chi connectivity index (χ1n) is 3.81. The topological polar surface area (TPSA) is 41.5 Å². The van der Waals surface area contributed by atoms with Crippen molar-refractivity contribution in [3.8, 4) is 0 Å². The van der Waals surface area contributed by atoms with Crippen LogP contribution in [0, 0.1) is 0 Å². The summed E-state index contributed by atoms with van der Waals surface area (Å²) in [5, 5.41) is 11.8. The second-order valence-electron chi connectivity index (χ2n) is 2.64. The van der Waals surface area contributed by atoms with Gasteiger partial charge in [-0.15, -0.1) is 0 Å². The van der Waals surface area contributed by atoms with Crippen LogP contribution in [0.4, 0.5) is 0 Å². The van der Waals surface area contributed by atoms with Gasteiger partial charge in [-0.25, -0.2) is 0 Å². The monoisotopic (exact) mass is 145 g/mol. The average Bonchev–Trinajstić information content (AvgIpc) is 1.86. The Labute approximate surface area is 61.4 Å². The molecule has 1 fully saturated rings. The normalized spacial score (nSPS) is 31.8. The van der Waals surface area contributed by atoms with Gasteiger partial charge in [0.2, 0.25) is 0 Å². The molecule has 1 aliphatic rings. The van der Waals surface area contributed by atoms with E-state index in [-0.39, 0.29) is 6.61 Å². The summed E-state index contributed by atoms with van der Waals surface area (Å²) in [6.07, 6.45) is 1.05. The van der Waals surface area contributed by atoms with E-state index in [2.05, 4.69) is 5.32 Å². The Balaban J connectivity index is 1.93. The molecule has 2 atom stereocenters. The number of hydrogen-bond acceptors (Lipinski definition) is 3. The maximum atomic E-state index is 8.63. The van der Waals surface area contributed by atoms with Gasteiger partial charge < -0.3 is 15.2 Å². The van der Waals surface area contributed by atoms with Crippen molar-refractivity contribution in [3.05, 3.63) is 0 Å². The third kappa shape index (κ3) is 1.94. The number of nitrogens with one attached hydrogen (secondary N) is 1. The molecule has 1 aliphatic heterocycles. The highest BCUT2D eigenvalue weighted by molar-refractivity contribution is 4.87. The van der Waals surface area contributed by atoms with Crippen molar-refractivity contribution in [2.75, 3.05) is 19.8 Å². The minimum absolute atomic E-state index is 0.253. The van der Waals surface area contributed by atoms with E-state index in [1.807, 2.05) is 6.92 Å². The molecule has 10 heavy (non-hydrogen) atoms. The molecule has 0 aromatic rings. The van der Waals surface area contributed by atoms with Crippen molar-refractivity contribution in [1.82, 2.24) is 5.32 Å². The van der Waals surface area contributed by atoms with Crippen molar-refractivity contribution in [2.24, 2.45) is 0 Å². The lowest BCUT2D eigenvalue weighted by molar-refractivity contribution is 0.0663. The van der Waals surface area contributed by atoms with Crippen LogP contribution in [0.3, 0.4) is 0 Å². The largest absolute Gasteiger partial charge is 0.395 e. The highest BCUT2D eigenvalue weighted by atomic mass is 16.5. The van der Waals surface area contributed by atoms with E-state index in [1.54, 1.807) is 0 Å². The van der Waals surface area contributed by atoms with Gasteiger partial charge in [-0.1, -0.05) is 0 Å². The summed E-state index contributed by atoms with van der Waals surface area (Å²) < 4.78 is 5.19. The van der Waals surface area contributed by atoms with E-state index in [0.29, 0.717) is 12.1 Å². The smallest absolute Gasteiger partial charge is 0.0620 e. The molecule has 0 aliphatic carbocycles. The lowest BCUT2D eigenvalue weighted by Gasteiger charge is -2.35. The van der Waals surface area contributed by atoms with Crippen LogP contribution in [0.5, 0.6) is 0 Å². The lowest BCUT2D eigenvalue weighted by atomic mass is 9.99. The molecule has 1 heterocycles. The van der Waals surface area contributed by atoms with Crippen LogP contribution in [0.15, 0.2) is 0 Å². The summed E-state index contributed by atoms with van der Waals surface area (Å²) in [7, 11) is 0. The molecule has 0 saturated carbocycles. The van der Waals surface area contributed by atoms with Crippen molar-refractivity contribution in [3.63, 3.8) is 0 Å². The molecule has 0 amide bonds. The van der Waals surface area contributed by atoms with Gasteiger partial charge in [0.15, 0.2) is 0 Å². The summed E-state index contributed by atoms with van der Waals surface area (Å²) in [6.45, 7) is 3.81. The summed E-state index contributed by atoms with van der Waals surface area (Å²) in [5.74, 6) is 0. The molecule has 3 heteroatoms. The molecule has 0 bridgehead atoms. The molecule has 1 saturated heterocycles. The van der Waals surface area contributed by atoms with E-state index in [1.165, 1.54) is 0 Å². The van der Waals surface area contributed by atoms with Crippen LogP contribution in [0.25, 0.3) is 0 Å². The van der Waals surface area contributed by atoms with Crippen LogP contribution >= 0.6 is 0 Å². The second-order valence-corrected chi connectivity index (χ2v) is 2.64. The molecule has 0 aromatic heterocycles. The maximum absolute atomic E-state index is 8.63. The zero-order chi connectivity index (χ0) is 7.40. The first-order valence-corrected chi connectivity index (χ1v) is 3.81. The lowest BCUT2D eigenvalue weighted by Crippen LogP contribution is -2.56. The van der Waals surface area contributed by atoms with Gasteiger partial charge in [0.25, 0.3) is 0 Å². The van der Waals surface area contributed by atoms with Gasteiger partial charge in [-0.2, -0.15) is 0 Å². The second kappa shape index (κ2) is 3.91. The van der Waals surface area contributed by atoms with Gasteiger partial charge in [-0.3, -0.25) is 0 Å². The Morgan fingerprint density at radius 2 is 2.30 bits per heavy atom. The fourth-order valence-corrected chi connectivity index (χ4v) is 1.16. The summed E-state index contributed by atoms with van der Waals surface area (Å²) in [4.78, 5) is 0. The molecule has 0 spiro atoms. The van der Waals surface area contributed by atoms with Crippen molar-refractivity contribution in [1.29, 1.82) is 0 Å². The van der Waals surface area contributed by atoms with Gasteiger partial charge in [0.1, 0.15) is 0 Å². The Morgan fingerprint density at radius 1 is 1.60 bits per heavy atom. The SMILES string of the molecule is CCOCC1CC(CO)N1. The Bertz CT molecular complexity index is 88.9. The van der Waals surface area contributed by atoms with E-state index in [9.17, 15) is 0 Å². The molecule has 1 rings (SSSR count). The minimum atomic E-state index is 0.253. The summed E-state index contributed by atoms with van der Waals surface area (Å²) in [5.41, 5.74) is 0. The first-order chi connectivity index (χ1) is 4.86. The van der Waals surface area contributed by atoms with Crippen LogP contribution in [-0.4, -0.2) is 37.0 Å². The van der Waals surface area contributed by atoms with E-state index >= 15 is 0 Å². The number of ether oxygens (including phenoxy) is 1. The van der Waals surface area contributed by atoms with Gasteiger partial charge in [-0.05, 0) is 13.3 Å². The van der Waals surface area contributed by atoms with Crippen LogP contribution < -0.4 is 5.32 Å². The fourth-order valence-electron chi connectivity index (χ4n) is 1.16. The molecule has 3 nitrogen and oxygen atoms in total. The summed E-state index contributed by atoms with van der Waals surface area (Å²) >= 11 is 0. The highest BCUT2D eigenvalue weighted by Gasteiger charge is 2.26. The average molecular weight is 145 g/mol. The van der Waals surface area contributed by atoms with Crippen molar-refractivity contribution in [2.45, 2.75) is 25.4 Å². The standard InChI is InChI=1S/C7H15NO2/c1-2-10-5-7-3-6(4-9)8-7/h6-9H,2-5H2,1H3. The van der Waals surface area contributed by atoms with E-state index in [0.717, 1.165) is 19.6 Å². The zero-order valence-corrected chi connectivity index (χ0v) is 6.34. The number of aliphatic hydroxyl groups excluding tert-OH is 1.